The van der Waals surface area contributed by atoms with Crippen molar-refractivity contribution in [2.24, 2.45) is 0 Å². The van der Waals surface area contributed by atoms with Crippen LogP contribution in [0.1, 0.15) is 142 Å². The van der Waals surface area contributed by atoms with Gasteiger partial charge in [-0.15, -0.1) is 59.9 Å². The molecule has 2 heterocycles. The number of anilines is 2. The molecule has 4 aromatic carbocycles. The molecule has 0 radical (unpaired) electrons. The van der Waals surface area contributed by atoms with Crippen molar-refractivity contribution < 1.29 is 25.8 Å². The summed E-state index contributed by atoms with van der Waals surface area (Å²) in [5.41, 5.74) is 12.0. The van der Waals surface area contributed by atoms with Gasteiger partial charge in [-0.2, -0.15) is 5.10 Å². The van der Waals surface area contributed by atoms with Crippen LogP contribution in [-0.2, 0) is 48.1 Å². The van der Waals surface area contributed by atoms with Crippen LogP contribution < -0.4 is 14.5 Å². The molecule has 0 bridgehead atoms. The average Bonchev–Trinajstić information content (AvgIpc) is 3.71. The molecule has 5 nitrogen and oxygen atoms in total. The van der Waals surface area contributed by atoms with Crippen LogP contribution in [0.4, 0.5) is 11.4 Å². The number of hydrogen-bond acceptors (Lipinski definition) is 4. The van der Waals surface area contributed by atoms with Gasteiger partial charge in [0.25, 0.3) is 0 Å². The van der Waals surface area contributed by atoms with E-state index in [4.69, 9.17) is 9.84 Å². The summed E-state index contributed by atoms with van der Waals surface area (Å²) in [4.78, 5) is 4.34. The average molecular weight is 943 g/mol. The quantitative estimate of drug-likeness (QED) is 0.152. The van der Waals surface area contributed by atoms with Crippen LogP contribution >= 0.6 is 0 Å². The predicted octanol–water partition coefficient (Wildman–Crippen LogP) is 13.3. The topological polar surface area (TPSA) is 33.5 Å². The molecule has 0 saturated heterocycles. The van der Waals surface area contributed by atoms with Crippen molar-refractivity contribution in [2.75, 3.05) is 9.80 Å². The van der Waals surface area contributed by atoms with Crippen LogP contribution in [0.25, 0.3) is 5.69 Å². The summed E-state index contributed by atoms with van der Waals surface area (Å²) in [6, 6.07) is 33.6. The Morgan fingerprint density at radius 3 is 1.51 bits per heavy atom. The Hall–Kier alpha value is -4.08. The summed E-state index contributed by atoms with van der Waals surface area (Å²) in [5, 5.41) is 5.12. The molecule has 0 aliphatic carbocycles. The SMILES string of the molecule is Cc1nn(-c2[c-]c(Oc3[c-]c(N4C=CN(c5cc(C(C)(C)C)cc(C(C)(C)C)c5)[CH-]4)cc(C(C)(C)C)c3)cc(C(C)(C)C)c2)c(C)c1C(C)(C)c1ccccc1.[Pt]. The largest absolute Gasteiger partial charge is 0.509 e. The molecule has 0 N–H and O–H groups in total. The summed E-state index contributed by atoms with van der Waals surface area (Å²) >= 11 is 0. The van der Waals surface area contributed by atoms with Crippen molar-refractivity contribution in [3.8, 4) is 17.2 Å². The van der Waals surface area contributed by atoms with Crippen LogP contribution in [0.5, 0.6) is 11.5 Å². The van der Waals surface area contributed by atoms with Gasteiger partial charge < -0.3 is 14.5 Å². The molecule has 57 heavy (non-hydrogen) atoms. The third-order valence-electron chi connectivity index (χ3n) is 11.1. The van der Waals surface area contributed by atoms with E-state index < -0.39 is 0 Å². The fourth-order valence-electron chi connectivity index (χ4n) is 7.46. The molecule has 1 aromatic heterocycles. The number of aryl methyl sites for hydroxylation is 1. The Morgan fingerprint density at radius 2 is 1.00 bits per heavy atom. The van der Waals surface area contributed by atoms with Crippen molar-refractivity contribution in [3.63, 3.8) is 0 Å². The maximum absolute atomic E-state index is 6.81. The van der Waals surface area contributed by atoms with Crippen molar-refractivity contribution >= 4 is 11.4 Å². The first-order valence-electron chi connectivity index (χ1n) is 20.0. The Labute approximate surface area is 358 Å². The van der Waals surface area contributed by atoms with Crippen LogP contribution in [0.2, 0.25) is 0 Å². The van der Waals surface area contributed by atoms with E-state index >= 15 is 0 Å². The van der Waals surface area contributed by atoms with Crippen molar-refractivity contribution in [1.29, 1.82) is 0 Å². The fraction of sp³-hybridized carbons (Fsp3) is 0.412. The number of aromatic nitrogens is 2. The van der Waals surface area contributed by atoms with Gasteiger partial charge in [-0.3, -0.25) is 4.68 Å². The summed E-state index contributed by atoms with van der Waals surface area (Å²) in [7, 11) is 0. The van der Waals surface area contributed by atoms with Crippen LogP contribution in [0.15, 0.2) is 85.2 Å². The van der Waals surface area contributed by atoms with Crippen molar-refractivity contribution in [2.45, 2.75) is 138 Å². The van der Waals surface area contributed by atoms with Gasteiger partial charge in [0.05, 0.1) is 5.69 Å². The smallest absolute Gasteiger partial charge is 0.0640 e. The van der Waals surface area contributed by atoms with Crippen LogP contribution in [0, 0.1) is 32.6 Å². The maximum Gasteiger partial charge on any atom is 0.0640 e. The van der Waals surface area contributed by atoms with Crippen molar-refractivity contribution in [1.82, 2.24) is 9.78 Å². The first-order valence-corrected chi connectivity index (χ1v) is 20.0. The van der Waals surface area contributed by atoms with E-state index in [-0.39, 0.29) is 48.1 Å². The van der Waals surface area contributed by atoms with E-state index in [0.29, 0.717) is 11.5 Å². The van der Waals surface area contributed by atoms with E-state index in [1.165, 1.54) is 22.3 Å². The van der Waals surface area contributed by atoms with Gasteiger partial charge >= 0.3 is 0 Å². The summed E-state index contributed by atoms with van der Waals surface area (Å²) in [5.74, 6) is 1.28. The van der Waals surface area contributed by atoms with Gasteiger partial charge in [0.2, 0.25) is 0 Å². The first-order chi connectivity index (χ1) is 25.8. The zero-order chi connectivity index (χ0) is 41.2. The molecule has 306 valence electrons. The third kappa shape index (κ3) is 9.46. The number of ether oxygens (including phenoxy) is 1. The van der Waals surface area contributed by atoms with Gasteiger partial charge in [0.1, 0.15) is 0 Å². The Morgan fingerprint density at radius 1 is 0.544 bits per heavy atom. The molecule has 0 fully saturated rings. The van der Waals surface area contributed by atoms with E-state index in [0.717, 1.165) is 39.6 Å². The summed E-state index contributed by atoms with van der Waals surface area (Å²) < 4.78 is 8.85. The Balaban J connectivity index is 0.00000620. The molecule has 0 atom stereocenters. The minimum atomic E-state index is -0.228. The Kier molecular flexibility index (Phi) is 12.0. The molecule has 0 amide bonds. The van der Waals surface area contributed by atoms with E-state index in [2.05, 4.69) is 225 Å². The summed E-state index contributed by atoms with van der Waals surface area (Å²) in [6.45, 7) is 38.0. The minimum Gasteiger partial charge on any atom is -0.509 e. The predicted molar refractivity (Wildman–Crippen MR) is 235 cm³/mol. The Bertz CT molecular complexity index is 2220. The van der Waals surface area contributed by atoms with Crippen molar-refractivity contribution in [3.05, 3.63) is 149 Å². The van der Waals surface area contributed by atoms with Crippen LogP contribution in [-0.4, -0.2) is 9.78 Å². The number of hydrogen-bond donors (Lipinski definition) is 0. The second-order valence-corrected chi connectivity index (χ2v) is 20.3. The second-order valence-electron chi connectivity index (χ2n) is 20.3. The van der Waals surface area contributed by atoms with E-state index in [1.807, 2.05) is 4.68 Å². The van der Waals surface area contributed by atoms with Gasteiger partial charge in [-0.25, -0.2) is 0 Å². The van der Waals surface area contributed by atoms with Gasteiger partial charge in [-0.1, -0.05) is 133 Å². The number of rotatable bonds is 7. The zero-order valence-corrected chi connectivity index (χ0v) is 39.4. The molecule has 0 unspecified atom stereocenters. The molecular formula is C51H63N4OPt-3. The number of benzene rings is 4. The normalized spacial score (nSPS) is 14.0. The summed E-state index contributed by atoms with van der Waals surface area (Å²) in [6.07, 6.45) is 4.23. The molecule has 0 spiro atoms. The maximum atomic E-state index is 6.81. The van der Waals surface area contributed by atoms with Gasteiger partial charge in [0, 0.05) is 54.9 Å². The number of nitrogens with zero attached hydrogens (tertiary/aromatic N) is 4. The standard InChI is InChI=1S/C51H63N4O.Pt/c1-34-46(51(15,16)36-20-18-17-19-21-36)35(2)55(52-34)43-28-40(50(12,13)14)30-45(32-43)56-44-29-39(49(9,10)11)27-42(31-44)54-23-22-53(33-54)41-25-37(47(3,4)5)24-38(26-41)48(6,7)8;/h17-30,33H,1-16H3;/q-3;. The molecule has 6 rings (SSSR count). The second kappa shape index (κ2) is 15.6. The molecule has 1 aliphatic heterocycles. The zero-order valence-electron chi connectivity index (χ0n) is 37.2. The molecule has 5 aromatic rings. The minimum absolute atomic E-state index is 0. The molecule has 6 heteroatoms. The third-order valence-corrected chi connectivity index (χ3v) is 11.1. The first kappa shape index (κ1) is 44.0. The van der Waals surface area contributed by atoms with Gasteiger partial charge in [-0.05, 0) is 82.4 Å². The molecule has 0 saturated carbocycles. The van der Waals surface area contributed by atoms with Gasteiger partial charge in [0.15, 0.2) is 0 Å². The molecule has 1 aliphatic rings. The van der Waals surface area contributed by atoms with Crippen LogP contribution in [0.3, 0.4) is 0 Å². The van der Waals surface area contributed by atoms with E-state index in [1.54, 1.807) is 0 Å². The fourth-order valence-corrected chi connectivity index (χ4v) is 7.46. The molecular weight excluding hydrogens is 880 g/mol. The van der Waals surface area contributed by atoms with E-state index in [9.17, 15) is 0 Å². The monoisotopic (exact) mass is 942 g/mol.